The van der Waals surface area contributed by atoms with E-state index in [1.54, 1.807) is 4.90 Å². The summed E-state index contributed by atoms with van der Waals surface area (Å²) in [7, 11) is 1.42. The van der Waals surface area contributed by atoms with Gasteiger partial charge in [0.15, 0.2) is 0 Å². The van der Waals surface area contributed by atoms with Crippen LogP contribution >= 0.6 is 11.3 Å². The summed E-state index contributed by atoms with van der Waals surface area (Å²) in [6.45, 7) is 2.51. The zero-order chi connectivity index (χ0) is 22.9. The number of alkyl carbamates (subject to hydrolysis) is 1. The lowest BCUT2D eigenvalue weighted by Gasteiger charge is -2.33. The monoisotopic (exact) mass is 472 g/mol. The minimum Gasteiger partial charge on any atom is -0.446 e. The quantitative estimate of drug-likeness (QED) is 0.695. The van der Waals surface area contributed by atoms with E-state index in [-0.39, 0.29) is 27.7 Å². The van der Waals surface area contributed by atoms with Crippen LogP contribution in [-0.4, -0.2) is 63.0 Å². The van der Waals surface area contributed by atoms with Gasteiger partial charge in [-0.25, -0.2) is 9.78 Å². The molecule has 2 aliphatic heterocycles. The van der Waals surface area contributed by atoms with Crippen molar-refractivity contribution >= 4 is 39.4 Å². The van der Waals surface area contributed by atoms with E-state index >= 15 is 0 Å². The number of carbonyl (C=O) groups is 2. The van der Waals surface area contributed by atoms with E-state index in [2.05, 4.69) is 15.6 Å². The first-order valence-electron chi connectivity index (χ1n) is 10.2. The zero-order valence-electron chi connectivity index (χ0n) is 17.3. The highest BCUT2D eigenvalue weighted by Gasteiger charge is 2.36. The molecule has 0 aliphatic carbocycles. The highest BCUT2D eigenvalue weighted by atomic mass is 32.1. The molecule has 0 spiro atoms. The number of hydrogen-bond acceptors (Lipinski definition) is 7. The number of fused-ring (bicyclic) bond motifs is 1. The molecule has 0 atom stereocenters. The summed E-state index contributed by atoms with van der Waals surface area (Å²) in [5.41, 5.74) is -0.654. The number of amides is 2. The molecule has 2 amide bonds. The molecule has 0 radical (unpaired) electrons. The molecule has 174 valence electrons. The molecule has 2 aromatic heterocycles. The lowest BCUT2D eigenvalue weighted by atomic mass is 10.1. The van der Waals surface area contributed by atoms with Gasteiger partial charge in [-0.2, -0.15) is 13.2 Å². The Hall–Kier alpha value is -2.60. The fourth-order valence-electron chi connectivity index (χ4n) is 3.69. The average molecular weight is 472 g/mol. The van der Waals surface area contributed by atoms with Crippen LogP contribution in [0.1, 0.15) is 28.8 Å². The number of nitrogens with one attached hydrogen (secondary N) is 2. The molecule has 0 unspecified atom stereocenters. The van der Waals surface area contributed by atoms with E-state index in [0.717, 1.165) is 17.4 Å². The van der Waals surface area contributed by atoms with Gasteiger partial charge in [0.2, 0.25) is 0 Å². The van der Waals surface area contributed by atoms with Crippen LogP contribution in [0, 0.1) is 5.92 Å². The molecular formula is C20H23F3N4O4S. The topological polar surface area (TPSA) is 92.8 Å². The Morgan fingerprint density at radius 1 is 1.31 bits per heavy atom. The Balaban J connectivity index is 1.46. The Labute approximate surface area is 186 Å². The maximum absolute atomic E-state index is 13.7. The summed E-state index contributed by atoms with van der Waals surface area (Å²) in [5, 5.41) is 6.54. The summed E-state index contributed by atoms with van der Waals surface area (Å²) >= 11 is 0.852. The van der Waals surface area contributed by atoms with Crippen LogP contribution in [0.4, 0.5) is 23.8 Å². The van der Waals surface area contributed by atoms with Gasteiger partial charge in [-0.1, -0.05) is 0 Å². The number of aromatic nitrogens is 1. The summed E-state index contributed by atoms with van der Waals surface area (Å²) < 4.78 is 51.5. The number of ether oxygens (including phenoxy) is 2. The van der Waals surface area contributed by atoms with E-state index in [0.29, 0.717) is 51.6 Å². The van der Waals surface area contributed by atoms with Crippen molar-refractivity contribution in [3.63, 3.8) is 0 Å². The molecule has 0 bridgehead atoms. The highest BCUT2D eigenvalue weighted by molar-refractivity contribution is 7.17. The van der Waals surface area contributed by atoms with E-state index in [1.165, 1.54) is 12.4 Å². The van der Waals surface area contributed by atoms with Crippen molar-refractivity contribution in [1.29, 1.82) is 0 Å². The number of piperidine rings is 1. The molecule has 8 nitrogen and oxygen atoms in total. The first-order valence-corrected chi connectivity index (χ1v) is 11.1. The molecule has 4 rings (SSSR count). The van der Waals surface area contributed by atoms with Crippen LogP contribution in [0.25, 0.3) is 10.2 Å². The first-order chi connectivity index (χ1) is 15.3. The minimum absolute atomic E-state index is 0.0388. The van der Waals surface area contributed by atoms with Crippen LogP contribution in [0.15, 0.2) is 11.4 Å². The van der Waals surface area contributed by atoms with Gasteiger partial charge in [0, 0.05) is 50.8 Å². The third-order valence-electron chi connectivity index (χ3n) is 5.57. The Bertz CT molecular complexity index is 1000. The van der Waals surface area contributed by atoms with E-state index in [9.17, 15) is 22.8 Å². The Kier molecular flexibility index (Phi) is 6.42. The number of rotatable bonds is 5. The zero-order valence-corrected chi connectivity index (χ0v) is 18.1. The highest BCUT2D eigenvalue weighted by Crippen LogP contribution is 2.40. The first kappa shape index (κ1) is 22.6. The summed E-state index contributed by atoms with van der Waals surface area (Å²) in [4.78, 5) is 30.2. The van der Waals surface area contributed by atoms with Crippen molar-refractivity contribution in [3.8, 4) is 0 Å². The Morgan fingerprint density at radius 3 is 2.62 bits per heavy atom. The lowest BCUT2D eigenvalue weighted by Crippen LogP contribution is -2.42. The average Bonchev–Trinajstić information content (AvgIpc) is 3.15. The predicted molar refractivity (Wildman–Crippen MR) is 112 cm³/mol. The van der Waals surface area contributed by atoms with Gasteiger partial charge in [-0.3, -0.25) is 4.79 Å². The number of hydrogen-bond donors (Lipinski definition) is 2. The van der Waals surface area contributed by atoms with Crippen LogP contribution < -0.4 is 15.5 Å². The molecule has 2 fully saturated rings. The fourth-order valence-corrected chi connectivity index (χ4v) is 4.71. The number of nitrogens with zero attached hydrogens (tertiary/aromatic N) is 2. The lowest BCUT2D eigenvalue weighted by molar-refractivity contribution is -0.136. The molecule has 2 saturated heterocycles. The van der Waals surface area contributed by atoms with Gasteiger partial charge in [0.05, 0.1) is 34.6 Å². The van der Waals surface area contributed by atoms with E-state index in [4.69, 9.17) is 9.47 Å². The van der Waals surface area contributed by atoms with Gasteiger partial charge in [-0.15, -0.1) is 11.3 Å². The largest absolute Gasteiger partial charge is 0.446 e. The molecule has 2 aromatic rings. The standard InChI is InChI=1S/C20H23F3N4O4S/c1-24-18(28)13-10-32-17-14(20(21,22)23)6-15(26-16(13)17)27-4-2-12(3-5-27)31-19(29)25-7-11-8-30-9-11/h6,10-12H,2-5,7-9H2,1H3,(H,24,28)(H,25,29). The van der Waals surface area contributed by atoms with Crippen LogP contribution in [-0.2, 0) is 15.7 Å². The van der Waals surface area contributed by atoms with E-state index in [1.807, 2.05) is 0 Å². The van der Waals surface area contributed by atoms with Crippen molar-refractivity contribution < 1.29 is 32.2 Å². The smallest absolute Gasteiger partial charge is 0.417 e. The van der Waals surface area contributed by atoms with E-state index < -0.39 is 23.7 Å². The van der Waals surface area contributed by atoms with Gasteiger partial charge in [-0.05, 0) is 6.07 Å². The molecule has 2 N–H and O–H groups in total. The molecule has 0 aromatic carbocycles. The van der Waals surface area contributed by atoms with Crippen LogP contribution in [0.2, 0.25) is 0 Å². The predicted octanol–water partition coefficient (Wildman–Crippen LogP) is 3.02. The molecule has 4 heterocycles. The SMILES string of the molecule is CNC(=O)c1csc2c(C(F)(F)F)cc(N3CCC(OC(=O)NCC4COC4)CC3)nc12. The number of carbonyl (C=O) groups excluding carboxylic acids is 2. The second kappa shape index (κ2) is 9.10. The molecular weight excluding hydrogens is 449 g/mol. The molecule has 32 heavy (non-hydrogen) atoms. The van der Waals surface area contributed by atoms with Crippen LogP contribution in [0.3, 0.4) is 0 Å². The van der Waals surface area contributed by atoms with Gasteiger partial charge < -0.3 is 25.0 Å². The number of alkyl halides is 3. The van der Waals surface area contributed by atoms with Gasteiger partial charge in [0.25, 0.3) is 5.91 Å². The van der Waals surface area contributed by atoms with Crippen molar-refractivity contribution in [3.05, 3.63) is 22.6 Å². The second-order valence-corrected chi connectivity index (χ2v) is 8.69. The van der Waals surface area contributed by atoms with Crippen molar-refractivity contribution in [1.82, 2.24) is 15.6 Å². The number of thiophene rings is 1. The van der Waals surface area contributed by atoms with Gasteiger partial charge in [0.1, 0.15) is 11.9 Å². The second-order valence-electron chi connectivity index (χ2n) is 7.81. The number of halogens is 3. The maximum atomic E-state index is 13.7. The van der Waals surface area contributed by atoms with Crippen molar-refractivity contribution in [2.45, 2.75) is 25.1 Å². The third-order valence-corrected chi connectivity index (χ3v) is 6.57. The number of anilines is 1. The molecule has 2 aliphatic rings. The number of pyridine rings is 1. The fraction of sp³-hybridized carbons (Fsp3) is 0.550. The summed E-state index contributed by atoms with van der Waals surface area (Å²) in [5.74, 6) is -0.0214. The Morgan fingerprint density at radius 2 is 2.03 bits per heavy atom. The minimum atomic E-state index is -4.58. The normalized spacial score (nSPS) is 17.8. The maximum Gasteiger partial charge on any atom is 0.417 e. The summed E-state index contributed by atoms with van der Waals surface area (Å²) in [6, 6.07) is 1.03. The van der Waals surface area contributed by atoms with Crippen LogP contribution in [0.5, 0.6) is 0 Å². The molecule has 12 heteroatoms. The van der Waals surface area contributed by atoms with Crippen molar-refractivity contribution in [2.75, 3.05) is 44.8 Å². The van der Waals surface area contributed by atoms with Crippen molar-refractivity contribution in [2.24, 2.45) is 5.92 Å². The molecule has 0 saturated carbocycles. The summed E-state index contributed by atoms with van der Waals surface area (Å²) in [6.07, 6.45) is -4.47. The van der Waals surface area contributed by atoms with Gasteiger partial charge >= 0.3 is 12.3 Å². The third kappa shape index (κ3) is 4.75.